The maximum absolute atomic E-state index is 5.80. The first-order valence-corrected chi connectivity index (χ1v) is 6.66. The van der Waals surface area contributed by atoms with Gasteiger partial charge >= 0.3 is 0 Å². The van der Waals surface area contributed by atoms with Crippen LogP contribution in [0.5, 0.6) is 0 Å². The molecule has 0 fully saturated rings. The fourth-order valence-electron chi connectivity index (χ4n) is 1.69. The van der Waals surface area contributed by atoms with Crippen LogP contribution in [0.1, 0.15) is 43.9 Å². The molecule has 0 aliphatic carbocycles. The van der Waals surface area contributed by atoms with Crippen LogP contribution in [-0.2, 0) is 13.6 Å². The average Bonchev–Trinajstić information content (AvgIpc) is 2.67. The van der Waals surface area contributed by atoms with Crippen molar-refractivity contribution in [1.29, 1.82) is 0 Å². The van der Waals surface area contributed by atoms with Crippen molar-refractivity contribution in [3.63, 3.8) is 0 Å². The lowest BCUT2D eigenvalue weighted by Crippen LogP contribution is -2.32. The van der Waals surface area contributed by atoms with Crippen LogP contribution in [0.4, 0.5) is 0 Å². The molecule has 6 heteroatoms. The van der Waals surface area contributed by atoms with E-state index in [9.17, 15) is 0 Å². The number of aryl methyl sites for hydroxylation is 1. The zero-order valence-corrected chi connectivity index (χ0v) is 14.5. The summed E-state index contributed by atoms with van der Waals surface area (Å²) in [6.45, 7) is 5.74. The fraction of sp³-hybridized carbons (Fsp3) is 0.692. The molecule has 0 saturated carbocycles. The minimum absolute atomic E-state index is 0. The third kappa shape index (κ3) is 6.79. The Morgan fingerprint density at radius 2 is 2.16 bits per heavy atom. The summed E-state index contributed by atoms with van der Waals surface area (Å²) >= 11 is 0. The third-order valence-electron chi connectivity index (χ3n) is 3.09. The molecular weight excluding hydrogens is 353 g/mol. The Balaban J connectivity index is 0.00000324. The highest BCUT2D eigenvalue weighted by Gasteiger charge is 2.02. The zero-order valence-electron chi connectivity index (χ0n) is 12.1. The van der Waals surface area contributed by atoms with Crippen LogP contribution in [0, 0.1) is 6.92 Å². The molecule has 0 bridgehead atoms. The Morgan fingerprint density at radius 3 is 2.74 bits per heavy atom. The van der Waals surface area contributed by atoms with Crippen LogP contribution in [0.2, 0.25) is 0 Å². The Labute approximate surface area is 133 Å². The molecule has 0 radical (unpaired) electrons. The summed E-state index contributed by atoms with van der Waals surface area (Å²) in [6.07, 6.45) is 6.78. The maximum Gasteiger partial charge on any atom is 0.188 e. The molecule has 1 heterocycles. The quantitative estimate of drug-likeness (QED) is 0.331. The summed E-state index contributed by atoms with van der Waals surface area (Å²) in [5.74, 6) is 0.523. The average molecular weight is 379 g/mol. The van der Waals surface area contributed by atoms with Gasteiger partial charge in [-0.05, 0) is 13.3 Å². The Kier molecular flexibility index (Phi) is 9.63. The van der Waals surface area contributed by atoms with Crippen LogP contribution < -0.4 is 11.1 Å². The van der Waals surface area contributed by atoms with E-state index in [0.717, 1.165) is 24.2 Å². The van der Waals surface area contributed by atoms with Gasteiger partial charge in [-0.3, -0.25) is 4.68 Å². The van der Waals surface area contributed by atoms with Crippen molar-refractivity contribution in [2.75, 3.05) is 6.54 Å². The Bertz CT molecular complexity index is 386. The molecule has 0 spiro atoms. The van der Waals surface area contributed by atoms with Crippen LogP contribution in [0.25, 0.3) is 0 Å². The summed E-state index contributed by atoms with van der Waals surface area (Å²) in [4.78, 5) is 4.32. The van der Waals surface area contributed by atoms with E-state index < -0.39 is 0 Å². The van der Waals surface area contributed by atoms with E-state index in [0.29, 0.717) is 12.5 Å². The van der Waals surface area contributed by atoms with Crippen LogP contribution in [0.15, 0.2) is 11.2 Å². The minimum Gasteiger partial charge on any atom is -0.370 e. The topological polar surface area (TPSA) is 68.2 Å². The molecule has 0 atom stereocenters. The number of hydrogen-bond acceptors (Lipinski definition) is 2. The predicted octanol–water partition coefficient (Wildman–Crippen LogP) is 2.33. The molecule has 110 valence electrons. The van der Waals surface area contributed by atoms with Gasteiger partial charge in [-0.15, -0.1) is 24.0 Å². The highest BCUT2D eigenvalue weighted by Crippen LogP contribution is 2.06. The van der Waals surface area contributed by atoms with Gasteiger partial charge in [0.05, 0.1) is 12.7 Å². The second kappa shape index (κ2) is 10.1. The number of aromatic nitrogens is 2. The van der Waals surface area contributed by atoms with Gasteiger partial charge in [0.1, 0.15) is 0 Å². The molecule has 1 aromatic heterocycles. The predicted molar refractivity (Wildman–Crippen MR) is 90.8 cm³/mol. The van der Waals surface area contributed by atoms with E-state index in [1.54, 1.807) is 0 Å². The number of hydrogen-bond donors (Lipinski definition) is 2. The van der Waals surface area contributed by atoms with Crippen LogP contribution >= 0.6 is 24.0 Å². The summed E-state index contributed by atoms with van der Waals surface area (Å²) in [7, 11) is 1.93. The van der Waals surface area contributed by atoms with Gasteiger partial charge < -0.3 is 11.1 Å². The molecule has 0 aliphatic heterocycles. The van der Waals surface area contributed by atoms with Crippen LogP contribution in [-0.4, -0.2) is 22.3 Å². The first-order chi connectivity index (χ1) is 8.65. The van der Waals surface area contributed by atoms with Crippen molar-refractivity contribution in [3.05, 3.63) is 17.5 Å². The number of aliphatic imine (C=N–C) groups is 1. The standard InChI is InChI=1S/C13H25N5.HI/c1-4-5-6-7-8-15-13(14)16-9-12-10-17-18(3)11(12)2;/h10H,4-9H2,1-3H3,(H3,14,15,16);1H. The fourth-order valence-corrected chi connectivity index (χ4v) is 1.69. The largest absolute Gasteiger partial charge is 0.370 e. The van der Waals surface area contributed by atoms with Crippen molar-refractivity contribution >= 4 is 29.9 Å². The second-order valence-electron chi connectivity index (χ2n) is 4.57. The Morgan fingerprint density at radius 1 is 1.42 bits per heavy atom. The number of guanidine groups is 1. The molecular formula is C13H26IN5. The van der Waals surface area contributed by atoms with E-state index in [1.165, 1.54) is 19.3 Å². The van der Waals surface area contributed by atoms with E-state index in [4.69, 9.17) is 5.73 Å². The number of unbranched alkanes of at least 4 members (excludes halogenated alkanes) is 3. The van der Waals surface area contributed by atoms with Gasteiger partial charge in [0.2, 0.25) is 0 Å². The van der Waals surface area contributed by atoms with E-state index in [1.807, 2.05) is 24.9 Å². The zero-order chi connectivity index (χ0) is 13.4. The van der Waals surface area contributed by atoms with E-state index in [-0.39, 0.29) is 24.0 Å². The van der Waals surface area contributed by atoms with Crippen molar-refractivity contribution in [1.82, 2.24) is 15.1 Å². The molecule has 1 aromatic rings. The molecule has 0 aromatic carbocycles. The third-order valence-corrected chi connectivity index (χ3v) is 3.09. The first-order valence-electron chi connectivity index (χ1n) is 6.66. The van der Waals surface area contributed by atoms with Crippen molar-refractivity contribution < 1.29 is 0 Å². The summed E-state index contributed by atoms with van der Waals surface area (Å²) in [5.41, 5.74) is 8.06. The lowest BCUT2D eigenvalue weighted by Gasteiger charge is -2.05. The number of nitrogens with one attached hydrogen (secondary N) is 1. The maximum atomic E-state index is 5.80. The first kappa shape index (κ1) is 18.2. The van der Waals surface area contributed by atoms with E-state index in [2.05, 4.69) is 22.3 Å². The molecule has 5 nitrogen and oxygen atoms in total. The molecule has 0 unspecified atom stereocenters. The second-order valence-corrected chi connectivity index (χ2v) is 4.57. The molecule has 0 amide bonds. The smallest absolute Gasteiger partial charge is 0.188 e. The molecule has 19 heavy (non-hydrogen) atoms. The number of rotatable bonds is 7. The highest BCUT2D eigenvalue weighted by atomic mass is 127. The SMILES string of the molecule is CCCCCCNC(N)=NCc1cnn(C)c1C.I. The molecule has 0 saturated heterocycles. The van der Waals surface area contributed by atoms with Gasteiger partial charge in [0.25, 0.3) is 0 Å². The summed E-state index contributed by atoms with van der Waals surface area (Å²) in [5, 5.41) is 7.31. The van der Waals surface area contributed by atoms with Gasteiger partial charge in [0.15, 0.2) is 5.96 Å². The minimum atomic E-state index is 0. The van der Waals surface area contributed by atoms with Crippen molar-refractivity contribution in [3.8, 4) is 0 Å². The van der Waals surface area contributed by atoms with Gasteiger partial charge in [0, 0.05) is 24.8 Å². The molecule has 0 aliphatic rings. The lowest BCUT2D eigenvalue weighted by atomic mass is 10.2. The molecule has 1 rings (SSSR count). The van der Waals surface area contributed by atoms with Crippen molar-refractivity contribution in [2.45, 2.75) is 46.1 Å². The lowest BCUT2D eigenvalue weighted by molar-refractivity contribution is 0.652. The van der Waals surface area contributed by atoms with Gasteiger partial charge in [-0.1, -0.05) is 26.2 Å². The van der Waals surface area contributed by atoms with E-state index >= 15 is 0 Å². The van der Waals surface area contributed by atoms with Crippen molar-refractivity contribution in [2.24, 2.45) is 17.8 Å². The van der Waals surface area contributed by atoms with Crippen LogP contribution in [0.3, 0.4) is 0 Å². The number of halogens is 1. The van der Waals surface area contributed by atoms with Gasteiger partial charge in [-0.25, -0.2) is 4.99 Å². The monoisotopic (exact) mass is 379 g/mol. The van der Waals surface area contributed by atoms with Gasteiger partial charge in [-0.2, -0.15) is 5.10 Å². The Hall–Kier alpha value is -0.790. The summed E-state index contributed by atoms with van der Waals surface area (Å²) < 4.78 is 1.85. The molecule has 3 N–H and O–H groups in total. The highest BCUT2D eigenvalue weighted by molar-refractivity contribution is 14.0. The number of nitrogens with two attached hydrogens (primary N) is 1. The number of nitrogens with zero attached hydrogens (tertiary/aromatic N) is 3. The summed E-state index contributed by atoms with van der Waals surface area (Å²) in [6, 6.07) is 0. The normalized spacial score (nSPS) is 11.2.